The predicted octanol–water partition coefficient (Wildman–Crippen LogP) is 1.27. The van der Waals surface area contributed by atoms with Gasteiger partial charge in [0.05, 0.1) is 16.2 Å². The number of carbonyl (C=O) groups excluding carboxylic acids is 4. The van der Waals surface area contributed by atoms with Gasteiger partial charge in [0, 0.05) is 12.5 Å². The molecule has 6 nitrogen and oxygen atoms in total. The van der Waals surface area contributed by atoms with Crippen molar-refractivity contribution in [2.75, 3.05) is 4.90 Å². The van der Waals surface area contributed by atoms with Gasteiger partial charge in [0.15, 0.2) is 0 Å². The van der Waals surface area contributed by atoms with E-state index in [9.17, 15) is 19.2 Å². The second kappa shape index (κ2) is 4.31. The molecule has 1 N–H and O–H groups in total. The highest BCUT2D eigenvalue weighted by Gasteiger charge is 2.41. The molecule has 2 aliphatic heterocycles. The fourth-order valence-electron chi connectivity index (χ4n) is 2.23. The normalized spacial score (nSPS) is 21.2. The van der Waals surface area contributed by atoms with Gasteiger partial charge < -0.3 is 0 Å². The lowest BCUT2D eigenvalue weighted by atomic mass is 10.1. The number of amides is 4. The molecular weight excluding hydrogens is 280 g/mol. The number of para-hydroxylation sites is 1. The van der Waals surface area contributed by atoms with Gasteiger partial charge in [-0.2, -0.15) is 0 Å². The Morgan fingerprint density at radius 2 is 1.90 bits per heavy atom. The van der Waals surface area contributed by atoms with Crippen molar-refractivity contribution in [3.63, 3.8) is 0 Å². The van der Waals surface area contributed by atoms with E-state index in [1.54, 1.807) is 24.3 Å². The number of carbonyl (C=O) groups is 4. The van der Waals surface area contributed by atoms with Crippen LogP contribution < -0.4 is 10.2 Å². The highest BCUT2D eigenvalue weighted by atomic mass is 32.2. The van der Waals surface area contributed by atoms with Crippen molar-refractivity contribution in [3.05, 3.63) is 34.7 Å². The zero-order valence-electron chi connectivity index (χ0n) is 10.3. The third-order valence-electron chi connectivity index (χ3n) is 2.99. The molecule has 1 fully saturated rings. The van der Waals surface area contributed by atoms with Crippen molar-refractivity contribution in [1.29, 1.82) is 0 Å². The summed E-state index contributed by atoms with van der Waals surface area (Å²) >= 11 is 0.673. The van der Waals surface area contributed by atoms with Crippen LogP contribution in [0.25, 0.3) is 5.57 Å². The largest absolute Gasteiger partial charge is 0.290 e. The summed E-state index contributed by atoms with van der Waals surface area (Å²) in [6.07, 6.45) is 0. The van der Waals surface area contributed by atoms with E-state index in [0.717, 1.165) is 4.90 Å². The second-order valence-corrected chi connectivity index (χ2v) is 5.21. The van der Waals surface area contributed by atoms with E-state index >= 15 is 0 Å². The van der Waals surface area contributed by atoms with Crippen molar-refractivity contribution in [1.82, 2.24) is 5.32 Å². The lowest BCUT2D eigenvalue weighted by Gasteiger charge is -2.11. The number of anilines is 1. The summed E-state index contributed by atoms with van der Waals surface area (Å²) in [7, 11) is 0. The van der Waals surface area contributed by atoms with E-state index in [1.165, 1.54) is 6.92 Å². The fraction of sp³-hybridized carbons (Fsp3) is 0.0769. The quantitative estimate of drug-likeness (QED) is 0.727. The number of imide groups is 2. The van der Waals surface area contributed by atoms with Crippen molar-refractivity contribution in [3.8, 4) is 0 Å². The van der Waals surface area contributed by atoms with Crippen LogP contribution in [0.1, 0.15) is 12.5 Å². The predicted molar refractivity (Wildman–Crippen MR) is 72.7 cm³/mol. The van der Waals surface area contributed by atoms with E-state index in [0.29, 0.717) is 23.0 Å². The van der Waals surface area contributed by atoms with Gasteiger partial charge in [0.2, 0.25) is 5.91 Å². The third-order valence-corrected chi connectivity index (χ3v) is 3.87. The van der Waals surface area contributed by atoms with Crippen LogP contribution in [0.15, 0.2) is 29.2 Å². The molecule has 1 aromatic rings. The molecule has 20 heavy (non-hydrogen) atoms. The maximum absolute atomic E-state index is 12.4. The Labute approximate surface area is 117 Å². The molecule has 2 aliphatic rings. The van der Waals surface area contributed by atoms with E-state index in [4.69, 9.17) is 0 Å². The van der Waals surface area contributed by atoms with Gasteiger partial charge in [0.1, 0.15) is 0 Å². The average molecular weight is 288 g/mol. The Bertz CT molecular complexity index is 723. The van der Waals surface area contributed by atoms with Gasteiger partial charge >= 0.3 is 0 Å². The highest BCUT2D eigenvalue weighted by molar-refractivity contribution is 8.18. The van der Waals surface area contributed by atoms with Gasteiger partial charge in [0.25, 0.3) is 17.1 Å². The molecule has 0 spiro atoms. The fourth-order valence-corrected chi connectivity index (χ4v) is 3.00. The molecule has 0 atom stereocenters. The van der Waals surface area contributed by atoms with Gasteiger partial charge in [-0.25, -0.2) is 4.90 Å². The number of thioether (sulfide) groups is 1. The summed E-state index contributed by atoms with van der Waals surface area (Å²) in [5, 5.41) is 1.59. The second-order valence-electron chi connectivity index (χ2n) is 4.22. The molecule has 2 heterocycles. The number of benzene rings is 1. The summed E-state index contributed by atoms with van der Waals surface area (Å²) in [5.74, 6) is -1.62. The maximum atomic E-state index is 12.4. The first kappa shape index (κ1) is 12.6. The summed E-state index contributed by atoms with van der Waals surface area (Å²) in [5.41, 5.74) is 1.02. The number of fused-ring (bicyclic) bond motifs is 1. The van der Waals surface area contributed by atoms with Crippen LogP contribution in [-0.4, -0.2) is 23.0 Å². The van der Waals surface area contributed by atoms with E-state index in [2.05, 4.69) is 5.32 Å². The molecule has 3 rings (SSSR count). The highest BCUT2D eigenvalue weighted by Crippen LogP contribution is 2.42. The minimum absolute atomic E-state index is 0.0381. The molecule has 4 amide bonds. The zero-order chi connectivity index (χ0) is 14.4. The molecule has 0 saturated carbocycles. The van der Waals surface area contributed by atoms with Gasteiger partial charge in [-0.1, -0.05) is 18.2 Å². The lowest BCUT2D eigenvalue weighted by Crippen LogP contribution is -2.31. The van der Waals surface area contributed by atoms with Crippen molar-refractivity contribution in [2.24, 2.45) is 0 Å². The van der Waals surface area contributed by atoms with E-state index in [-0.39, 0.29) is 10.5 Å². The summed E-state index contributed by atoms with van der Waals surface area (Å²) in [6.45, 7) is 1.27. The number of rotatable bonds is 0. The van der Waals surface area contributed by atoms with Crippen LogP contribution in [0.2, 0.25) is 0 Å². The smallest absolute Gasteiger partial charge is 0.282 e. The van der Waals surface area contributed by atoms with Crippen molar-refractivity contribution >= 4 is 46.0 Å². The van der Waals surface area contributed by atoms with Crippen molar-refractivity contribution in [2.45, 2.75) is 6.92 Å². The Morgan fingerprint density at radius 3 is 2.50 bits per heavy atom. The number of hydrogen-bond donors (Lipinski definition) is 1. The number of hydrogen-bond acceptors (Lipinski definition) is 5. The Morgan fingerprint density at radius 1 is 1.20 bits per heavy atom. The Balaban J connectivity index is 2.26. The molecule has 0 aliphatic carbocycles. The van der Waals surface area contributed by atoms with Crippen molar-refractivity contribution < 1.29 is 19.2 Å². The van der Waals surface area contributed by atoms with Crippen LogP contribution in [0.4, 0.5) is 10.5 Å². The molecular formula is C13H8N2O4S. The number of nitrogens with zero attached hydrogens (tertiary/aromatic N) is 1. The van der Waals surface area contributed by atoms with Crippen LogP contribution >= 0.6 is 11.8 Å². The average Bonchev–Trinajstić information content (AvgIpc) is 2.85. The summed E-state index contributed by atoms with van der Waals surface area (Å²) < 4.78 is 0. The molecule has 1 aromatic carbocycles. The lowest BCUT2D eigenvalue weighted by molar-refractivity contribution is -0.122. The molecule has 0 radical (unpaired) electrons. The van der Waals surface area contributed by atoms with E-state index in [1.807, 2.05) is 0 Å². The topological polar surface area (TPSA) is 83.6 Å². The molecule has 0 unspecified atom stereocenters. The molecule has 100 valence electrons. The minimum atomic E-state index is -0.608. The third kappa shape index (κ3) is 1.67. The summed E-state index contributed by atoms with van der Waals surface area (Å²) in [6, 6.07) is 6.68. The first-order chi connectivity index (χ1) is 9.50. The first-order valence-electron chi connectivity index (χ1n) is 5.72. The van der Waals surface area contributed by atoms with Gasteiger partial charge in [-0.15, -0.1) is 0 Å². The van der Waals surface area contributed by atoms with Gasteiger partial charge in [-0.05, 0) is 17.8 Å². The standard InChI is InChI=1S/C13H8N2O4S/c1-6(16)15-8-5-3-2-4-7(8)9(12(15)18)10-11(17)14-13(19)20-10/h2-5H,1H3,(H,14,17,19)/b10-9-. The van der Waals surface area contributed by atoms with Crippen LogP contribution in [0.5, 0.6) is 0 Å². The maximum Gasteiger partial charge on any atom is 0.290 e. The minimum Gasteiger partial charge on any atom is -0.282 e. The molecule has 7 heteroatoms. The van der Waals surface area contributed by atoms with E-state index < -0.39 is 23.0 Å². The van der Waals surface area contributed by atoms with Crippen LogP contribution in [0.3, 0.4) is 0 Å². The van der Waals surface area contributed by atoms with Crippen LogP contribution in [0, 0.1) is 0 Å². The molecule has 0 aromatic heterocycles. The zero-order valence-corrected chi connectivity index (χ0v) is 11.1. The van der Waals surface area contributed by atoms with Crippen LogP contribution in [-0.2, 0) is 14.4 Å². The SMILES string of the molecule is CC(=O)N1C(=O)/C(=C2\SC(=O)NC2=O)c2ccccc21. The Hall–Kier alpha value is -2.41. The number of nitrogens with one attached hydrogen (secondary N) is 1. The molecule has 0 bridgehead atoms. The summed E-state index contributed by atoms with van der Waals surface area (Å²) in [4.78, 5) is 48.1. The Kier molecular flexibility index (Phi) is 2.72. The monoisotopic (exact) mass is 288 g/mol. The molecule has 1 saturated heterocycles. The van der Waals surface area contributed by atoms with Gasteiger partial charge in [-0.3, -0.25) is 24.5 Å². The first-order valence-corrected chi connectivity index (χ1v) is 6.54.